The molecule has 2 aliphatic rings. The molecular weight excluding hydrogens is 739 g/mol. The van der Waals surface area contributed by atoms with Gasteiger partial charge in [-0.1, -0.05) is 133 Å². The van der Waals surface area contributed by atoms with Gasteiger partial charge in [0.2, 0.25) is 0 Å². The molecule has 0 saturated heterocycles. The molecular formula is C58H43BO2. The summed E-state index contributed by atoms with van der Waals surface area (Å²) in [7, 11) is 0. The van der Waals surface area contributed by atoms with Gasteiger partial charge in [0, 0.05) is 16.6 Å². The Labute approximate surface area is 358 Å². The largest absolute Gasteiger partial charge is 0.458 e. The van der Waals surface area contributed by atoms with Crippen LogP contribution in [-0.2, 0) is 0 Å². The van der Waals surface area contributed by atoms with Crippen molar-refractivity contribution in [3.05, 3.63) is 210 Å². The first-order valence-electron chi connectivity index (χ1n) is 21.2. The lowest BCUT2D eigenvalue weighted by molar-refractivity contribution is 0.467. The standard InChI is InChI=1S/C58H43BO2/c1-36-17-5-9-21-46(36)40-29-41(47-22-10-6-18-37(47)2)32-44(31-40)50-35-51(45-33-42(48-23-11-7-19-38(48)3)30-43(34-45)49-24-12-8-20-39(49)4)58-56-57(50)60-54-27-15-13-25-52(54)59(56)53-26-14-16-28-55(53)61-58/h5-35H,1-4H3. The fraction of sp³-hybridized carbons (Fsp3) is 0.0690. The first-order valence-corrected chi connectivity index (χ1v) is 21.2. The van der Waals surface area contributed by atoms with Gasteiger partial charge in [0.25, 0.3) is 6.71 Å². The third-order valence-corrected chi connectivity index (χ3v) is 12.8. The smallest absolute Gasteiger partial charge is 0.260 e. The molecule has 0 fully saturated rings. The quantitative estimate of drug-likeness (QED) is 0.156. The van der Waals surface area contributed by atoms with Crippen LogP contribution in [0.3, 0.4) is 0 Å². The maximum atomic E-state index is 7.19. The second kappa shape index (κ2) is 14.7. The van der Waals surface area contributed by atoms with Crippen molar-refractivity contribution in [2.24, 2.45) is 0 Å². The summed E-state index contributed by atoms with van der Waals surface area (Å²) >= 11 is 0. The third kappa shape index (κ3) is 6.28. The molecule has 2 nitrogen and oxygen atoms in total. The van der Waals surface area contributed by atoms with E-state index in [1.54, 1.807) is 0 Å². The highest BCUT2D eigenvalue weighted by Crippen LogP contribution is 2.48. The van der Waals surface area contributed by atoms with Crippen molar-refractivity contribution in [3.8, 4) is 89.8 Å². The molecule has 2 heterocycles. The molecule has 0 aromatic heterocycles. The number of hydrogen-bond donors (Lipinski definition) is 0. The molecule has 9 aromatic rings. The Kier molecular flexibility index (Phi) is 8.86. The highest BCUT2D eigenvalue weighted by molar-refractivity contribution is 6.98. The third-order valence-electron chi connectivity index (χ3n) is 12.8. The predicted molar refractivity (Wildman–Crippen MR) is 256 cm³/mol. The van der Waals surface area contributed by atoms with Crippen LogP contribution in [0.4, 0.5) is 0 Å². The van der Waals surface area contributed by atoms with E-state index in [-0.39, 0.29) is 6.71 Å². The van der Waals surface area contributed by atoms with Crippen molar-refractivity contribution in [1.82, 2.24) is 0 Å². The molecule has 0 spiro atoms. The van der Waals surface area contributed by atoms with Gasteiger partial charge in [-0.25, -0.2) is 0 Å². The van der Waals surface area contributed by atoms with Gasteiger partial charge in [-0.2, -0.15) is 0 Å². The minimum Gasteiger partial charge on any atom is -0.458 e. The average molecular weight is 783 g/mol. The van der Waals surface area contributed by atoms with E-state index < -0.39 is 0 Å². The lowest BCUT2D eigenvalue weighted by Gasteiger charge is -2.35. The summed E-state index contributed by atoms with van der Waals surface area (Å²) in [6.45, 7) is 8.70. The van der Waals surface area contributed by atoms with Crippen LogP contribution in [0.1, 0.15) is 22.3 Å². The summed E-state index contributed by atoms with van der Waals surface area (Å²) in [6.07, 6.45) is 0. The molecule has 11 rings (SSSR count). The molecule has 0 N–H and O–H groups in total. The molecule has 0 saturated carbocycles. The highest BCUT2D eigenvalue weighted by atomic mass is 16.5. The topological polar surface area (TPSA) is 18.5 Å². The second-order valence-electron chi connectivity index (χ2n) is 16.6. The molecule has 3 heteroatoms. The minimum atomic E-state index is -0.0932. The predicted octanol–water partition coefficient (Wildman–Crippen LogP) is 13.6. The number of aryl methyl sites for hydroxylation is 4. The molecule has 290 valence electrons. The van der Waals surface area contributed by atoms with E-state index in [9.17, 15) is 0 Å². The van der Waals surface area contributed by atoms with E-state index in [4.69, 9.17) is 9.47 Å². The molecule has 0 bridgehead atoms. The molecule has 2 aliphatic heterocycles. The van der Waals surface area contributed by atoms with Crippen LogP contribution in [0.25, 0.3) is 66.8 Å². The maximum Gasteiger partial charge on any atom is 0.260 e. The lowest BCUT2D eigenvalue weighted by Crippen LogP contribution is -2.57. The summed E-state index contributed by atoms with van der Waals surface area (Å²) in [6, 6.07) is 68.2. The fourth-order valence-corrected chi connectivity index (χ4v) is 9.68. The van der Waals surface area contributed by atoms with E-state index in [0.29, 0.717) is 0 Å². The average Bonchev–Trinajstić information content (AvgIpc) is 3.29. The molecule has 0 radical (unpaired) electrons. The molecule has 0 unspecified atom stereocenters. The first kappa shape index (κ1) is 36.7. The highest BCUT2D eigenvalue weighted by Gasteiger charge is 2.42. The van der Waals surface area contributed by atoms with Crippen molar-refractivity contribution in [3.63, 3.8) is 0 Å². The van der Waals surface area contributed by atoms with Crippen molar-refractivity contribution in [2.75, 3.05) is 0 Å². The Balaban J connectivity index is 1.26. The molecule has 0 atom stereocenters. The van der Waals surface area contributed by atoms with Crippen molar-refractivity contribution >= 4 is 23.1 Å². The van der Waals surface area contributed by atoms with Crippen molar-refractivity contribution in [2.45, 2.75) is 27.7 Å². The van der Waals surface area contributed by atoms with Crippen molar-refractivity contribution < 1.29 is 9.47 Å². The Morgan fingerprint density at radius 2 is 0.574 bits per heavy atom. The van der Waals surface area contributed by atoms with Gasteiger partial charge >= 0.3 is 0 Å². The monoisotopic (exact) mass is 782 g/mol. The lowest BCUT2D eigenvalue weighted by atomic mass is 9.34. The zero-order valence-corrected chi connectivity index (χ0v) is 34.8. The van der Waals surface area contributed by atoms with Gasteiger partial charge in [-0.3, -0.25) is 0 Å². The molecule has 61 heavy (non-hydrogen) atoms. The molecule has 0 amide bonds. The van der Waals surface area contributed by atoms with E-state index in [1.807, 2.05) is 0 Å². The van der Waals surface area contributed by atoms with Crippen LogP contribution in [-0.4, -0.2) is 6.71 Å². The summed E-state index contributed by atoms with van der Waals surface area (Å²) in [5.74, 6) is 3.41. The molecule has 0 aliphatic carbocycles. The number of fused-ring (bicyclic) bond motifs is 4. The zero-order chi connectivity index (χ0) is 41.2. The summed E-state index contributed by atoms with van der Waals surface area (Å²) in [5, 5.41) is 0. The van der Waals surface area contributed by atoms with Crippen LogP contribution >= 0.6 is 0 Å². The van der Waals surface area contributed by atoms with E-state index in [1.165, 1.54) is 44.5 Å². The number of benzene rings is 9. The first-order chi connectivity index (χ1) is 29.9. The number of rotatable bonds is 6. The Morgan fingerprint density at radius 3 is 0.902 bits per heavy atom. The maximum absolute atomic E-state index is 7.19. The SMILES string of the molecule is Cc1ccccc1-c1cc(-c2ccccc2C)cc(-c2cc(-c3cc(-c4ccccc4C)cc(-c4ccccc4C)c3)c3c4c2Oc2ccccc2B4c2ccccc2O3)c1. The second-order valence-corrected chi connectivity index (χ2v) is 16.6. The van der Waals surface area contributed by atoms with Gasteiger partial charge in [0.15, 0.2) is 0 Å². The van der Waals surface area contributed by atoms with Gasteiger partial charge < -0.3 is 9.47 Å². The minimum absolute atomic E-state index is 0.0932. The normalized spacial score (nSPS) is 12.2. The summed E-state index contributed by atoms with van der Waals surface area (Å²) in [5.41, 5.74) is 22.0. The van der Waals surface area contributed by atoms with E-state index in [0.717, 1.165) is 83.9 Å². The van der Waals surface area contributed by atoms with Gasteiger partial charge in [0.1, 0.15) is 23.0 Å². The van der Waals surface area contributed by atoms with Gasteiger partial charge in [-0.05, 0) is 171 Å². The summed E-state index contributed by atoms with van der Waals surface area (Å²) in [4.78, 5) is 0. The number of ether oxygens (including phenoxy) is 2. The van der Waals surface area contributed by atoms with Crippen LogP contribution in [0.15, 0.2) is 188 Å². The van der Waals surface area contributed by atoms with Crippen LogP contribution in [0, 0.1) is 27.7 Å². The van der Waals surface area contributed by atoms with Gasteiger partial charge in [0.05, 0.1) is 0 Å². The van der Waals surface area contributed by atoms with Crippen LogP contribution in [0.2, 0.25) is 0 Å². The zero-order valence-electron chi connectivity index (χ0n) is 34.8. The fourth-order valence-electron chi connectivity index (χ4n) is 9.68. The Morgan fingerprint density at radius 1 is 0.295 bits per heavy atom. The summed E-state index contributed by atoms with van der Waals surface area (Å²) < 4.78 is 14.4. The Bertz CT molecular complexity index is 2870. The molecule has 9 aromatic carbocycles. The van der Waals surface area contributed by atoms with Crippen molar-refractivity contribution in [1.29, 1.82) is 0 Å². The van der Waals surface area contributed by atoms with Gasteiger partial charge in [-0.15, -0.1) is 0 Å². The van der Waals surface area contributed by atoms with Crippen LogP contribution in [0.5, 0.6) is 23.0 Å². The Hall–Kier alpha value is -7.36. The van der Waals surface area contributed by atoms with Crippen LogP contribution < -0.4 is 25.9 Å². The van der Waals surface area contributed by atoms with E-state index in [2.05, 4.69) is 216 Å². The number of hydrogen-bond acceptors (Lipinski definition) is 2. The van der Waals surface area contributed by atoms with E-state index >= 15 is 0 Å². The number of para-hydroxylation sites is 2.